The molecule has 6 rings (SSSR count). The van der Waals surface area contributed by atoms with Crippen LogP contribution in [0.3, 0.4) is 0 Å². The van der Waals surface area contributed by atoms with Gasteiger partial charge in [0.25, 0.3) is 0 Å². The van der Waals surface area contributed by atoms with Crippen LogP contribution in [0.2, 0.25) is 0 Å². The van der Waals surface area contributed by atoms with Gasteiger partial charge in [0.15, 0.2) is 5.82 Å². The molecule has 0 saturated heterocycles. The molecule has 0 aliphatic heterocycles. The number of hydrogen-bond acceptors (Lipinski definition) is 3. The Balaban J connectivity index is 1.19. The minimum Gasteiger partial charge on any atom is -0.352 e. The van der Waals surface area contributed by atoms with Gasteiger partial charge in [-0.25, -0.2) is 9.67 Å². The number of carbonyl (C=O) groups excluding carboxylic acids is 1. The van der Waals surface area contributed by atoms with Crippen molar-refractivity contribution in [2.24, 2.45) is 17.3 Å². The average molecular weight is 429 g/mol. The fourth-order valence-corrected chi connectivity index (χ4v) is 7.72. The lowest BCUT2D eigenvalue weighted by atomic mass is 9.48. The lowest BCUT2D eigenvalue weighted by molar-refractivity contribution is -0.128. The summed E-state index contributed by atoms with van der Waals surface area (Å²) in [5.74, 6) is 2.60. The summed E-state index contributed by atoms with van der Waals surface area (Å²) in [5.41, 5.74) is 1.24. The molecular formula is C21H25BrN4O. The van der Waals surface area contributed by atoms with Gasteiger partial charge in [0.05, 0.1) is 0 Å². The number of aromatic nitrogens is 3. The largest absolute Gasteiger partial charge is 0.352 e. The Morgan fingerprint density at radius 3 is 2.70 bits per heavy atom. The summed E-state index contributed by atoms with van der Waals surface area (Å²) < 4.78 is 2.04. The first kappa shape index (κ1) is 17.4. The number of nitrogens with zero attached hydrogens (tertiary/aromatic N) is 3. The molecule has 27 heavy (non-hydrogen) atoms. The average Bonchev–Trinajstić information content (AvgIpc) is 3.12. The number of hydrogen-bond donors (Lipinski definition) is 1. The first-order valence-corrected chi connectivity index (χ1v) is 10.7. The molecule has 1 N–H and O–H groups in total. The SMILES string of the molecule is O=C(CC12C[C@H]3C[C@@H](CC(Br)(C3)C1)C2)NCc1ccc(-n2cccn2)nc1. The molecule has 6 heteroatoms. The molecular weight excluding hydrogens is 404 g/mol. The van der Waals surface area contributed by atoms with Gasteiger partial charge in [0.1, 0.15) is 0 Å². The van der Waals surface area contributed by atoms with Crippen molar-refractivity contribution in [3.63, 3.8) is 0 Å². The Labute approximate surface area is 168 Å². The summed E-state index contributed by atoms with van der Waals surface area (Å²) in [6.07, 6.45) is 13.7. The Bertz CT molecular complexity index is 818. The van der Waals surface area contributed by atoms with Crippen LogP contribution in [-0.4, -0.2) is 25.0 Å². The molecule has 2 heterocycles. The van der Waals surface area contributed by atoms with E-state index in [9.17, 15) is 4.79 Å². The maximum atomic E-state index is 12.7. The predicted molar refractivity (Wildman–Crippen MR) is 107 cm³/mol. The second-order valence-corrected chi connectivity index (χ2v) is 10.7. The maximum Gasteiger partial charge on any atom is 0.220 e. The van der Waals surface area contributed by atoms with Gasteiger partial charge >= 0.3 is 0 Å². The highest BCUT2D eigenvalue weighted by atomic mass is 79.9. The Morgan fingerprint density at radius 1 is 1.26 bits per heavy atom. The molecule has 0 spiro atoms. The summed E-state index contributed by atoms with van der Waals surface area (Å²) in [7, 11) is 0. The van der Waals surface area contributed by atoms with Crippen LogP contribution < -0.4 is 5.32 Å². The van der Waals surface area contributed by atoms with Crippen molar-refractivity contribution in [1.29, 1.82) is 0 Å². The number of rotatable bonds is 5. The third kappa shape index (κ3) is 3.44. The molecule has 0 unspecified atom stereocenters. The molecule has 5 nitrogen and oxygen atoms in total. The van der Waals surface area contributed by atoms with Gasteiger partial charge in [-0.15, -0.1) is 0 Å². The van der Waals surface area contributed by atoms with Gasteiger partial charge in [-0.2, -0.15) is 5.10 Å². The van der Waals surface area contributed by atoms with E-state index >= 15 is 0 Å². The molecule has 142 valence electrons. The third-order valence-electron chi connectivity index (χ3n) is 6.68. The fourth-order valence-electron chi connectivity index (χ4n) is 6.21. The molecule has 2 aromatic heterocycles. The Morgan fingerprint density at radius 2 is 2.07 bits per heavy atom. The first-order chi connectivity index (χ1) is 13.0. The summed E-state index contributed by atoms with van der Waals surface area (Å²) in [6, 6.07) is 5.81. The third-order valence-corrected chi connectivity index (χ3v) is 7.61. The molecule has 4 aliphatic carbocycles. The quantitative estimate of drug-likeness (QED) is 0.731. The lowest BCUT2D eigenvalue weighted by Gasteiger charge is -2.60. The highest BCUT2D eigenvalue weighted by Gasteiger charge is 2.57. The summed E-state index contributed by atoms with van der Waals surface area (Å²) in [6.45, 7) is 0.535. The van der Waals surface area contributed by atoms with Gasteiger partial charge in [0, 0.05) is 35.9 Å². The lowest BCUT2D eigenvalue weighted by Crippen LogP contribution is -2.54. The Kier molecular flexibility index (Phi) is 4.15. The van der Waals surface area contributed by atoms with Crippen molar-refractivity contribution in [3.05, 3.63) is 42.4 Å². The van der Waals surface area contributed by atoms with Crippen molar-refractivity contribution < 1.29 is 4.79 Å². The molecule has 2 atom stereocenters. The van der Waals surface area contributed by atoms with E-state index in [0.717, 1.165) is 23.2 Å². The number of halogens is 1. The molecule has 0 radical (unpaired) electrons. The molecule has 0 aromatic carbocycles. The van der Waals surface area contributed by atoms with Gasteiger partial charge in [-0.1, -0.05) is 22.0 Å². The monoisotopic (exact) mass is 428 g/mol. The van der Waals surface area contributed by atoms with Crippen LogP contribution in [0, 0.1) is 17.3 Å². The Hall–Kier alpha value is -1.69. The maximum absolute atomic E-state index is 12.7. The van der Waals surface area contributed by atoms with E-state index in [-0.39, 0.29) is 11.3 Å². The second kappa shape index (κ2) is 6.43. The second-order valence-electron chi connectivity index (χ2n) is 9.04. The number of pyridine rings is 1. The topological polar surface area (TPSA) is 59.8 Å². The molecule has 1 amide bonds. The van der Waals surface area contributed by atoms with Gasteiger partial charge < -0.3 is 5.32 Å². The van der Waals surface area contributed by atoms with Crippen LogP contribution in [0.15, 0.2) is 36.8 Å². The van der Waals surface area contributed by atoms with Crippen LogP contribution in [0.1, 0.15) is 50.5 Å². The first-order valence-electron chi connectivity index (χ1n) is 9.92. The number of alkyl halides is 1. The molecule has 2 aromatic rings. The van der Waals surface area contributed by atoms with Crippen LogP contribution in [0.5, 0.6) is 0 Å². The van der Waals surface area contributed by atoms with Crippen LogP contribution in [0.4, 0.5) is 0 Å². The molecule has 4 bridgehead atoms. The van der Waals surface area contributed by atoms with E-state index in [0.29, 0.717) is 17.3 Å². The van der Waals surface area contributed by atoms with Crippen molar-refractivity contribution in [2.45, 2.75) is 55.8 Å². The molecule has 4 saturated carbocycles. The zero-order valence-corrected chi connectivity index (χ0v) is 17.0. The highest BCUT2D eigenvalue weighted by Crippen LogP contribution is 2.65. The number of nitrogens with one attached hydrogen (secondary N) is 1. The standard InChI is InChI=1S/C21H25BrN4O/c22-21-9-16-6-17(10-21)8-20(7-16,14-21)11-19(27)24-13-15-2-3-18(23-12-15)26-5-1-4-25-26/h1-5,12,16-17H,6-11,13-14H2,(H,24,27)/t16-,17-,20?,21?/m1/s1. The minimum atomic E-state index is 0.184. The number of carbonyl (C=O) groups is 1. The van der Waals surface area contributed by atoms with Crippen LogP contribution >= 0.6 is 15.9 Å². The summed E-state index contributed by atoms with van der Waals surface area (Å²) >= 11 is 4.03. The van der Waals surface area contributed by atoms with Crippen molar-refractivity contribution in [1.82, 2.24) is 20.1 Å². The highest BCUT2D eigenvalue weighted by molar-refractivity contribution is 9.10. The van der Waals surface area contributed by atoms with Gasteiger partial charge in [0.2, 0.25) is 5.91 Å². The van der Waals surface area contributed by atoms with E-state index in [1.165, 1.54) is 38.5 Å². The summed E-state index contributed by atoms with van der Waals surface area (Å²) in [5, 5.41) is 7.30. The van der Waals surface area contributed by atoms with E-state index in [4.69, 9.17) is 0 Å². The van der Waals surface area contributed by atoms with E-state index in [1.54, 1.807) is 10.9 Å². The van der Waals surface area contributed by atoms with Gasteiger partial charge in [-0.3, -0.25) is 4.79 Å². The molecule has 4 fully saturated rings. The normalized spacial score (nSPS) is 34.0. The van der Waals surface area contributed by atoms with Crippen LogP contribution in [0.25, 0.3) is 5.82 Å². The van der Waals surface area contributed by atoms with Crippen molar-refractivity contribution in [3.8, 4) is 5.82 Å². The zero-order chi connectivity index (χ0) is 18.5. The van der Waals surface area contributed by atoms with E-state index in [1.807, 2.05) is 30.6 Å². The van der Waals surface area contributed by atoms with Crippen molar-refractivity contribution in [2.75, 3.05) is 0 Å². The number of amides is 1. The summed E-state index contributed by atoms with van der Waals surface area (Å²) in [4.78, 5) is 17.1. The van der Waals surface area contributed by atoms with Crippen molar-refractivity contribution >= 4 is 21.8 Å². The van der Waals surface area contributed by atoms with Crippen LogP contribution in [-0.2, 0) is 11.3 Å². The zero-order valence-electron chi connectivity index (χ0n) is 15.4. The smallest absolute Gasteiger partial charge is 0.220 e. The molecule has 4 aliphatic rings. The van der Waals surface area contributed by atoms with E-state index in [2.05, 4.69) is 31.3 Å². The minimum absolute atomic E-state index is 0.184. The predicted octanol–water partition coefficient (Wildman–Crippen LogP) is 4.01. The van der Waals surface area contributed by atoms with E-state index < -0.39 is 0 Å². The van der Waals surface area contributed by atoms with Gasteiger partial charge in [-0.05, 0) is 73.5 Å². The fraction of sp³-hybridized carbons (Fsp3) is 0.571.